The molecule has 0 radical (unpaired) electrons. The molecule has 0 aliphatic rings. The lowest BCUT2D eigenvalue weighted by Gasteiger charge is -2.19. The van der Waals surface area contributed by atoms with E-state index in [-0.39, 0.29) is 5.41 Å². The van der Waals surface area contributed by atoms with Gasteiger partial charge in [-0.2, -0.15) is 0 Å². The second-order valence-electron chi connectivity index (χ2n) is 6.19. The Balaban J connectivity index is 1.99. The van der Waals surface area contributed by atoms with Crippen LogP contribution in [0.4, 0.5) is 11.6 Å². The van der Waals surface area contributed by atoms with Gasteiger partial charge in [0.1, 0.15) is 11.6 Å². The second kappa shape index (κ2) is 5.17. The SMILES string of the molecule is CC(C)(C)c1ccnc(Nc2nccc3ccccc23)c1. The third-order valence-electron chi connectivity index (χ3n) is 3.55. The largest absolute Gasteiger partial charge is 0.324 e. The maximum atomic E-state index is 4.44. The van der Waals surface area contributed by atoms with Gasteiger partial charge in [0.25, 0.3) is 0 Å². The number of hydrogen-bond acceptors (Lipinski definition) is 3. The van der Waals surface area contributed by atoms with Crippen LogP contribution in [-0.2, 0) is 5.41 Å². The van der Waals surface area contributed by atoms with Crippen LogP contribution in [0.2, 0.25) is 0 Å². The summed E-state index contributed by atoms with van der Waals surface area (Å²) < 4.78 is 0. The van der Waals surface area contributed by atoms with E-state index in [9.17, 15) is 0 Å². The standard InChI is InChI=1S/C18H19N3/c1-18(2,3)14-9-11-19-16(12-14)21-17-15-7-5-4-6-13(15)8-10-20-17/h4-12H,1-3H3,(H,19,20,21). The summed E-state index contributed by atoms with van der Waals surface area (Å²) in [6.45, 7) is 6.59. The summed E-state index contributed by atoms with van der Waals surface area (Å²) >= 11 is 0. The van der Waals surface area contributed by atoms with E-state index in [1.165, 1.54) is 10.9 Å². The molecule has 2 aromatic heterocycles. The minimum atomic E-state index is 0.103. The molecule has 3 nitrogen and oxygen atoms in total. The van der Waals surface area contributed by atoms with E-state index in [1.807, 2.05) is 30.6 Å². The fraction of sp³-hybridized carbons (Fsp3) is 0.222. The number of nitrogens with zero attached hydrogens (tertiary/aromatic N) is 2. The molecular weight excluding hydrogens is 258 g/mol. The zero-order valence-corrected chi connectivity index (χ0v) is 12.6. The van der Waals surface area contributed by atoms with Gasteiger partial charge in [-0.05, 0) is 34.6 Å². The van der Waals surface area contributed by atoms with Gasteiger partial charge in [0.15, 0.2) is 0 Å². The van der Waals surface area contributed by atoms with Crippen LogP contribution in [-0.4, -0.2) is 9.97 Å². The van der Waals surface area contributed by atoms with Crippen molar-refractivity contribution in [2.45, 2.75) is 26.2 Å². The van der Waals surface area contributed by atoms with Crippen molar-refractivity contribution in [1.29, 1.82) is 0 Å². The zero-order valence-electron chi connectivity index (χ0n) is 12.6. The molecule has 0 aliphatic carbocycles. The number of nitrogens with one attached hydrogen (secondary N) is 1. The topological polar surface area (TPSA) is 37.8 Å². The second-order valence-corrected chi connectivity index (χ2v) is 6.19. The molecule has 106 valence electrons. The molecule has 21 heavy (non-hydrogen) atoms. The predicted octanol–water partition coefficient (Wildman–Crippen LogP) is 4.67. The highest BCUT2D eigenvalue weighted by Gasteiger charge is 2.14. The van der Waals surface area contributed by atoms with Crippen LogP contribution >= 0.6 is 0 Å². The van der Waals surface area contributed by atoms with E-state index in [0.717, 1.165) is 17.0 Å². The van der Waals surface area contributed by atoms with E-state index in [4.69, 9.17) is 0 Å². The van der Waals surface area contributed by atoms with Gasteiger partial charge in [0, 0.05) is 17.8 Å². The van der Waals surface area contributed by atoms with Crippen LogP contribution in [0.25, 0.3) is 10.8 Å². The van der Waals surface area contributed by atoms with Crippen LogP contribution in [0.5, 0.6) is 0 Å². The summed E-state index contributed by atoms with van der Waals surface area (Å²) in [6.07, 6.45) is 3.66. The number of rotatable bonds is 2. The maximum absolute atomic E-state index is 4.44. The monoisotopic (exact) mass is 277 g/mol. The third kappa shape index (κ3) is 2.87. The molecule has 0 unspecified atom stereocenters. The molecule has 3 aromatic rings. The Kier molecular flexibility index (Phi) is 3.34. The number of fused-ring (bicyclic) bond motifs is 1. The van der Waals surface area contributed by atoms with Gasteiger partial charge >= 0.3 is 0 Å². The number of aromatic nitrogens is 2. The number of anilines is 2. The molecular formula is C18H19N3. The molecule has 1 N–H and O–H groups in total. The summed E-state index contributed by atoms with van der Waals surface area (Å²) in [4.78, 5) is 8.85. The number of hydrogen-bond donors (Lipinski definition) is 1. The quantitative estimate of drug-likeness (QED) is 0.739. The molecule has 2 heterocycles. The first-order valence-corrected chi connectivity index (χ1v) is 7.11. The molecule has 3 rings (SSSR count). The van der Waals surface area contributed by atoms with Crippen LogP contribution < -0.4 is 5.32 Å². The number of benzene rings is 1. The fourth-order valence-electron chi connectivity index (χ4n) is 2.31. The fourth-order valence-corrected chi connectivity index (χ4v) is 2.31. The molecule has 0 atom stereocenters. The molecule has 0 saturated heterocycles. The summed E-state index contributed by atoms with van der Waals surface area (Å²) in [7, 11) is 0. The molecule has 0 spiro atoms. The summed E-state index contributed by atoms with van der Waals surface area (Å²) in [5.41, 5.74) is 1.35. The van der Waals surface area contributed by atoms with Crippen LogP contribution in [0, 0.1) is 0 Å². The predicted molar refractivity (Wildman–Crippen MR) is 88.0 cm³/mol. The van der Waals surface area contributed by atoms with E-state index in [1.54, 1.807) is 0 Å². The van der Waals surface area contributed by atoms with Crippen molar-refractivity contribution < 1.29 is 0 Å². The summed E-state index contributed by atoms with van der Waals surface area (Å²) in [6, 6.07) is 14.4. The van der Waals surface area contributed by atoms with Gasteiger partial charge in [0.05, 0.1) is 0 Å². The van der Waals surface area contributed by atoms with Crippen molar-refractivity contribution in [2.75, 3.05) is 5.32 Å². The number of pyridine rings is 2. The first-order chi connectivity index (χ1) is 10.0. The molecule has 0 aliphatic heterocycles. The molecule has 1 aromatic carbocycles. The van der Waals surface area contributed by atoms with Crippen LogP contribution in [0.3, 0.4) is 0 Å². The molecule has 0 saturated carbocycles. The Hall–Kier alpha value is -2.42. The lowest BCUT2D eigenvalue weighted by molar-refractivity contribution is 0.589. The lowest BCUT2D eigenvalue weighted by Crippen LogP contribution is -2.11. The van der Waals surface area contributed by atoms with Crippen molar-refractivity contribution >= 4 is 22.4 Å². The van der Waals surface area contributed by atoms with Gasteiger partial charge in [-0.15, -0.1) is 0 Å². The van der Waals surface area contributed by atoms with E-state index < -0.39 is 0 Å². The average Bonchev–Trinajstić information content (AvgIpc) is 2.47. The van der Waals surface area contributed by atoms with Gasteiger partial charge < -0.3 is 5.32 Å². The smallest absolute Gasteiger partial charge is 0.139 e. The minimum absolute atomic E-state index is 0.103. The Morgan fingerprint density at radius 3 is 2.48 bits per heavy atom. The molecule has 0 bridgehead atoms. The maximum Gasteiger partial charge on any atom is 0.139 e. The first-order valence-electron chi connectivity index (χ1n) is 7.11. The average molecular weight is 277 g/mol. The highest BCUT2D eigenvalue weighted by Crippen LogP contribution is 2.26. The Morgan fingerprint density at radius 1 is 0.905 bits per heavy atom. The van der Waals surface area contributed by atoms with Gasteiger partial charge in [-0.3, -0.25) is 0 Å². The van der Waals surface area contributed by atoms with E-state index >= 15 is 0 Å². The highest BCUT2D eigenvalue weighted by atomic mass is 15.0. The van der Waals surface area contributed by atoms with Crippen molar-refractivity contribution in [1.82, 2.24) is 9.97 Å². The molecule has 0 fully saturated rings. The van der Waals surface area contributed by atoms with Gasteiger partial charge in [-0.25, -0.2) is 9.97 Å². The van der Waals surface area contributed by atoms with Crippen molar-refractivity contribution in [2.24, 2.45) is 0 Å². The van der Waals surface area contributed by atoms with Crippen molar-refractivity contribution in [3.63, 3.8) is 0 Å². The normalized spacial score (nSPS) is 11.6. The van der Waals surface area contributed by atoms with E-state index in [2.05, 4.69) is 60.3 Å². The highest BCUT2D eigenvalue weighted by molar-refractivity contribution is 5.92. The third-order valence-corrected chi connectivity index (χ3v) is 3.55. The van der Waals surface area contributed by atoms with Crippen LogP contribution in [0.15, 0.2) is 54.9 Å². The zero-order chi connectivity index (χ0) is 14.9. The van der Waals surface area contributed by atoms with Crippen LogP contribution in [0.1, 0.15) is 26.3 Å². The Labute approximate surface area is 125 Å². The summed E-state index contributed by atoms with van der Waals surface area (Å²) in [5, 5.41) is 5.61. The minimum Gasteiger partial charge on any atom is -0.324 e. The Morgan fingerprint density at radius 2 is 1.67 bits per heavy atom. The van der Waals surface area contributed by atoms with Crippen molar-refractivity contribution in [3.8, 4) is 0 Å². The lowest BCUT2D eigenvalue weighted by atomic mass is 9.88. The van der Waals surface area contributed by atoms with Gasteiger partial charge in [-0.1, -0.05) is 45.0 Å². The van der Waals surface area contributed by atoms with Gasteiger partial charge in [0.2, 0.25) is 0 Å². The molecule has 3 heteroatoms. The molecule has 0 amide bonds. The summed E-state index contributed by atoms with van der Waals surface area (Å²) in [5.74, 6) is 1.66. The van der Waals surface area contributed by atoms with E-state index in [0.29, 0.717) is 0 Å². The Bertz CT molecular complexity index is 767. The van der Waals surface area contributed by atoms with Crippen molar-refractivity contribution in [3.05, 3.63) is 60.4 Å². The first kappa shape index (κ1) is 13.6.